The predicted octanol–water partition coefficient (Wildman–Crippen LogP) is 6.00. The van der Waals surface area contributed by atoms with Gasteiger partial charge in [-0.05, 0) is 30.0 Å². The van der Waals surface area contributed by atoms with Crippen LogP contribution in [0.1, 0.15) is 55.0 Å². The number of nitrogens with zero attached hydrogens (tertiary/aromatic N) is 1. The number of fused-ring (bicyclic) bond motifs is 1. The molecule has 3 aromatic rings. The molecule has 0 amide bonds. The lowest BCUT2D eigenvalue weighted by molar-refractivity contribution is -0.141. The fourth-order valence-electron chi connectivity index (χ4n) is 3.66. The zero-order chi connectivity index (χ0) is 22.6. The summed E-state index contributed by atoms with van der Waals surface area (Å²) in [4.78, 5) is 11.8. The number of alkyl halides is 3. The number of benzene rings is 2. The van der Waals surface area contributed by atoms with Crippen LogP contribution in [-0.2, 0) is 23.8 Å². The molecule has 0 fully saturated rings. The van der Waals surface area contributed by atoms with Gasteiger partial charge in [-0.15, -0.1) is 0 Å². The molecule has 3 rings (SSSR count). The highest BCUT2D eigenvalue weighted by Crippen LogP contribution is 2.41. The molecule has 0 spiro atoms. The number of aryl methyl sites for hydroxylation is 2. The van der Waals surface area contributed by atoms with Gasteiger partial charge in [0.1, 0.15) is 18.3 Å². The van der Waals surface area contributed by atoms with Crippen molar-refractivity contribution in [3.05, 3.63) is 58.8 Å². The average Bonchev–Trinajstić information content (AvgIpc) is 3.15. The van der Waals surface area contributed by atoms with Crippen LogP contribution >= 0.6 is 0 Å². The molecule has 0 saturated heterocycles. The SMILES string of the molecule is CCCc1cc2c(C(F)(F)F)noc2c(CCC)c1OCC(C(=O)O)c1ccccc1. The lowest BCUT2D eigenvalue weighted by atomic mass is 9.97. The molecule has 31 heavy (non-hydrogen) atoms. The quantitative estimate of drug-likeness (QED) is 0.446. The second-order valence-electron chi connectivity index (χ2n) is 7.36. The first-order valence-corrected chi connectivity index (χ1v) is 10.2. The molecule has 0 aliphatic rings. The summed E-state index contributed by atoms with van der Waals surface area (Å²) < 4.78 is 51.3. The fourth-order valence-corrected chi connectivity index (χ4v) is 3.66. The summed E-state index contributed by atoms with van der Waals surface area (Å²) in [5.74, 6) is -1.56. The minimum atomic E-state index is -4.64. The Bertz CT molecular complexity index is 1040. The third kappa shape index (κ3) is 4.84. The summed E-state index contributed by atoms with van der Waals surface area (Å²) in [6.07, 6.45) is -2.42. The monoisotopic (exact) mass is 435 g/mol. The van der Waals surface area contributed by atoms with Gasteiger partial charge in [-0.3, -0.25) is 4.79 Å². The molecule has 0 radical (unpaired) electrons. The van der Waals surface area contributed by atoms with Crippen LogP contribution in [-0.4, -0.2) is 22.8 Å². The molecule has 166 valence electrons. The number of carboxylic acid groups (broad SMARTS) is 1. The van der Waals surface area contributed by atoms with Crippen molar-refractivity contribution < 1.29 is 32.3 Å². The molecular formula is C23H24F3NO4. The van der Waals surface area contributed by atoms with Crippen molar-refractivity contribution in [3.8, 4) is 5.75 Å². The standard InChI is InChI=1S/C23H24F3NO4/c1-3-8-15-12-17-20(31-27-21(17)23(24,25)26)16(9-4-2)19(15)30-13-18(22(28)29)14-10-6-5-7-11-14/h5-7,10-12,18H,3-4,8-9,13H2,1-2H3,(H,28,29). The lowest BCUT2D eigenvalue weighted by Gasteiger charge is -2.19. The highest BCUT2D eigenvalue weighted by atomic mass is 19.4. The van der Waals surface area contributed by atoms with E-state index < -0.39 is 23.8 Å². The number of carbonyl (C=O) groups is 1. The number of rotatable bonds is 9. The van der Waals surface area contributed by atoms with Crippen LogP contribution in [0.5, 0.6) is 5.75 Å². The van der Waals surface area contributed by atoms with E-state index in [0.29, 0.717) is 48.1 Å². The minimum absolute atomic E-state index is 0.0376. The van der Waals surface area contributed by atoms with Crippen LogP contribution < -0.4 is 4.74 Å². The van der Waals surface area contributed by atoms with Crippen LogP contribution in [0, 0.1) is 0 Å². The number of carboxylic acids is 1. The Labute approximate surface area is 177 Å². The van der Waals surface area contributed by atoms with E-state index in [4.69, 9.17) is 9.26 Å². The molecular weight excluding hydrogens is 411 g/mol. The second kappa shape index (κ2) is 9.41. The molecule has 1 atom stereocenters. The summed E-state index contributed by atoms with van der Waals surface area (Å²) in [7, 11) is 0. The summed E-state index contributed by atoms with van der Waals surface area (Å²) in [6.45, 7) is 3.65. The van der Waals surface area contributed by atoms with Crippen molar-refractivity contribution in [2.24, 2.45) is 0 Å². The first-order valence-electron chi connectivity index (χ1n) is 10.2. The fraction of sp³-hybridized carbons (Fsp3) is 0.391. The Morgan fingerprint density at radius 3 is 2.42 bits per heavy atom. The molecule has 1 aromatic heterocycles. The van der Waals surface area contributed by atoms with Crippen LogP contribution in [0.25, 0.3) is 11.0 Å². The van der Waals surface area contributed by atoms with E-state index in [1.165, 1.54) is 6.07 Å². The number of ether oxygens (including phenoxy) is 1. The van der Waals surface area contributed by atoms with Crippen molar-refractivity contribution in [2.45, 2.75) is 51.6 Å². The van der Waals surface area contributed by atoms with Gasteiger partial charge in [-0.25, -0.2) is 0 Å². The van der Waals surface area contributed by atoms with Crippen molar-refractivity contribution in [1.82, 2.24) is 5.16 Å². The van der Waals surface area contributed by atoms with E-state index in [2.05, 4.69) is 5.16 Å². The Hall–Kier alpha value is -3.03. The molecule has 1 heterocycles. The Morgan fingerprint density at radius 2 is 1.84 bits per heavy atom. The molecule has 2 aromatic carbocycles. The molecule has 5 nitrogen and oxygen atoms in total. The Kier molecular flexibility index (Phi) is 6.87. The van der Waals surface area contributed by atoms with Crippen molar-refractivity contribution in [3.63, 3.8) is 0 Å². The number of aliphatic carboxylic acids is 1. The van der Waals surface area contributed by atoms with Gasteiger partial charge < -0.3 is 14.4 Å². The predicted molar refractivity (Wildman–Crippen MR) is 109 cm³/mol. The summed E-state index contributed by atoms with van der Waals surface area (Å²) in [5, 5.41) is 12.9. The van der Waals surface area contributed by atoms with Crippen molar-refractivity contribution in [2.75, 3.05) is 6.61 Å². The number of hydrogen-bond acceptors (Lipinski definition) is 4. The van der Waals surface area contributed by atoms with Gasteiger partial charge in [0.05, 0.1) is 5.39 Å². The molecule has 0 aliphatic heterocycles. The maximum Gasteiger partial charge on any atom is 0.437 e. The third-order valence-electron chi connectivity index (χ3n) is 5.07. The molecule has 0 bridgehead atoms. The van der Waals surface area contributed by atoms with E-state index in [1.807, 2.05) is 13.8 Å². The molecule has 1 N–H and O–H groups in total. The van der Waals surface area contributed by atoms with Crippen molar-refractivity contribution in [1.29, 1.82) is 0 Å². The van der Waals surface area contributed by atoms with E-state index in [9.17, 15) is 23.1 Å². The highest BCUT2D eigenvalue weighted by Gasteiger charge is 2.38. The number of hydrogen-bond donors (Lipinski definition) is 1. The van der Waals surface area contributed by atoms with Gasteiger partial charge in [0, 0.05) is 5.56 Å². The van der Waals surface area contributed by atoms with E-state index in [-0.39, 0.29) is 17.6 Å². The topological polar surface area (TPSA) is 72.6 Å². The number of halogens is 3. The second-order valence-corrected chi connectivity index (χ2v) is 7.36. The molecule has 8 heteroatoms. The molecule has 0 aliphatic carbocycles. The van der Waals surface area contributed by atoms with Crippen LogP contribution in [0.3, 0.4) is 0 Å². The zero-order valence-electron chi connectivity index (χ0n) is 17.3. The van der Waals surface area contributed by atoms with Gasteiger partial charge in [0.2, 0.25) is 0 Å². The van der Waals surface area contributed by atoms with Crippen molar-refractivity contribution >= 4 is 16.9 Å². The molecule has 0 saturated carbocycles. The third-order valence-corrected chi connectivity index (χ3v) is 5.07. The smallest absolute Gasteiger partial charge is 0.437 e. The van der Waals surface area contributed by atoms with Gasteiger partial charge in [-0.1, -0.05) is 62.2 Å². The van der Waals surface area contributed by atoms with Crippen LogP contribution in [0.15, 0.2) is 40.9 Å². The Morgan fingerprint density at radius 1 is 1.16 bits per heavy atom. The van der Waals surface area contributed by atoms with E-state index in [1.54, 1.807) is 30.3 Å². The normalized spacial score (nSPS) is 12.8. The Balaban J connectivity index is 2.08. The molecule has 1 unspecified atom stereocenters. The van der Waals surface area contributed by atoms with E-state index in [0.717, 1.165) is 0 Å². The lowest BCUT2D eigenvalue weighted by Crippen LogP contribution is -2.20. The highest BCUT2D eigenvalue weighted by molar-refractivity contribution is 5.86. The maximum absolute atomic E-state index is 13.4. The van der Waals surface area contributed by atoms with E-state index >= 15 is 0 Å². The average molecular weight is 435 g/mol. The largest absolute Gasteiger partial charge is 0.492 e. The van der Waals surface area contributed by atoms with Gasteiger partial charge >= 0.3 is 12.1 Å². The zero-order valence-corrected chi connectivity index (χ0v) is 17.3. The summed E-state index contributed by atoms with van der Waals surface area (Å²) >= 11 is 0. The first-order chi connectivity index (χ1) is 14.8. The van der Waals surface area contributed by atoms with Crippen LogP contribution in [0.4, 0.5) is 13.2 Å². The maximum atomic E-state index is 13.4. The van der Waals surface area contributed by atoms with Gasteiger partial charge in [0.15, 0.2) is 11.3 Å². The first kappa shape index (κ1) is 22.7. The minimum Gasteiger partial charge on any atom is -0.492 e. The van der Waals surface area contributed by atoms with Gasteiger partial charge in [0.25, 0.3) is 0 Å². The number of aromatic nitrogens is 1. The summed E-state index contributed by atoms with van der Waals surface area (Å²) in [5.41, 5.74) is 0.643. The summed E-state index contributed by atoms with van der Waals surface area (Å²) in [6, 6.07) is 10.1. The van der Waals surface area contributed by atoms with Crippen LogP contribution in [0.2, 0.25) is 0 Å². The van der Waals surface area contributed by atoms with Gasteiger partial charge in [-0.2, -0.15) is 13.2 Å².